The van der Waals surface area contributed by atoms with Gasteiger partial charge < -0.3 is 15.2 Å². The molecule has 0 spiro atoms. The van der Waals surface area contributed by atoms with Crippen molar-refractivity contribution in [1.29, 1.82) is 0 Å². The molecule has 112 valence electrons. The van der Waals surface area contributed by atoms with E-state index in [0.717, 1.165) is 12.0 Å². The van der Waals surface area contributed by atoms with E-state index >= 15 is 0 Å². The van der Waals surface area contributed by atoms with Gasteiger partial charge in [-0.3, -0.25) is 4.79 Å². The zero-order chi connectivity index (χ0) is 15.0. The third-order valence-electron chi connectivity index (χ3n) is 3.16. The van der Waals surface area contributed by atoms with Gasteiger partial charge in [-0.25, -0.2) is 0 Å². The van der Waals surface area contributed by atoms with E-state index in [2.05, 4.69) is 19.2 Å². The van der Waals surface area contributed by atoms with Crippen LogP contribution in [-0.4, -0.2) is 37.4 Å². The molecule has 1 rings (SSSR count). The topological polar surface area (TPSA) is 58.6 Å². The van der Waals surface area contributed by atoms with Crippen molar-refractivity contribution in [3.05, 3.63) is 35.9 Å². The zero-order valence-electron chi connectivity index (χ0n) is 12.5. The molecule has 0 aromatic heterocycles. The summed E-state index contributed by atoms with van der Waals surface area (Å²) in [6.07, 6.45) is 0.366. The smallest absolute Gasteiger partial charge is 0.314 e. The van der Waals surface area contributed by atoms with E-state index < -0.39 is 0 Å². The minimum Gasteiger partial charge on any atom is -0.469 e. The summed E-state index contributed by atoms with van der Waals surface area (Å²) >= 11 is 0. The molecule has 20 heavy (non-hydrogen) atoms. The van der Waals surface area contributed by atoms with E-state index in [9.17, 15) is 9.90 Å². The third kappa shape index (κ3) is 5.72. The van der Waals surface area contributed by atoms with Crippen LogP contribution in [0.15, 0.2) is 30.3 Å². The number of nitrogens with one attached hydrogen (secondary N) is 1. The van der Waals surface area contributed by atoms with Crippen LogP contribution in [0.25, 0.3) is 0 Å². The summed E-state index contributed by atoms with van der Waals surface area (Å²) < 4.78 is 4.85. The number of carbonyl (C=O) groups is 1. The minimum atomic E-state index is -0.385. The number of hydrogen-bond acceptors (Lipinski definition) is 4. The molecule has 0 aliphatic rings. The molecule has 1 aromatic carbocycles. The molecule has 0 bridgehead atoms. The average molecular weight is 279 g/mol. The fraction of sp³-hybridized carbons (Fsp3) is 0.562. The number of rotatable bonds is 8. The standard InChI is InChI=1S/C16H25NO3/c1-12(2)9-14(18)10-17-11-15(16(19)20-3)13-7-5-4-6-8-13/h4-8,12,14-15,17-18H,9-11H2,1-3H3. The number of benzene rings is 1. The van der Waals surface area contributed by atoms with Crippen LogP contribution < -0.4 is 5.32 Å². The first-order valence-electron chi connectivity index (χ1n) is 7.06. The summed E-state index contributed by atoms with van der Waals surface area (Å²) in [5, 5.41) is 13.0. The number of hydrogen-bond donors (Lipinski definition) is 2. The molecule has 0 fully saturated rings. The van der Waals surface area contributed by atoms with Crippen molar-refractivity contribution in [3.8, 4) is 0 Å². The lowest BCUT2D eigenvalue weighted by atomic mass is 9.99. The summed E-state index contributed by atoms with van der Waals surface area (Å²) in [6.45, 7) is 5.10. The normalized spacial score (nSPS) is 14.1. The van der Waals surface area contributed by atoms with Gasteiger partial charge in [0.2, 0.25) is 0 Å². The Balaban J connectivity index is 2.53. The van der Waals surface area contributed by atoms with Crippen molar-refractivity contribution < 1.29 is 14.6 Å². The van der Waals surface area contributed by atoms with Crippen molar-refractivity contribution in [3.63, 3.8) is 0 Å². The van der Waals surface area contributed by atoms with Gasteiger partial charge >= 0.3 is 5.97 Å². The molecule has 0 aliphatic carbocycles. The van der Waals surface area contributed by atoms with Gasteiger partial charge in [0, 0.05) is 13.1 Å². The lowest BCUT2D eigenvalue weighted by Crippen LogP contribution is -2.33. The first-order chi connectivity index (χ1) is 9.54. The van der Waals surface area contributed by atoms with Crippen molar-refractivity contribution in [2.24, 2.45) is 5.92 Å². The van der Waals surface area contributed by atoms with Gasteiger partial charge in [-0.1, -0.05) is 44.2 Å². The number of aliphatic hydroxyl groups is 1. The third-order valence-corrected chi connectivity index (χ3v) is 3.16. The molecule has 0 saturated heterocycles. The Morgan fingerprint density at radius 3 is 2.45 bits per heavy atom. The SMILES string of the molecule is COC(=O)C(CNCC(O)CC(C)C)c1ccccc1. The maximum Gasteiger partial charge on any atom is 0.314 e. The predicted molar refractivity (Wildman–Crippen MR) is 79.5 cm³/mol. The van der Waals surface area contributed by atoms with Crippen LogP contribution in [0.3, 0.4) is 0 Å². The summed E-state index contributed by atoms with van der Waals surface area (Å²) in [4.78, 5) is 11.8. The lowest BCUT2D eigenvalue weighted by molar-refractivity contribution is -0.142. The van der Waals surface area contributed by atoms with Crippen molar-refractivity contribution in [2.75, 3.05) is 20.2 Å². The van der Waals surface area contributed by atoms with Crippen LogP contribution >= 0.6 is 0 Å². The highest BCUT2D eigenvalue weighted by Crippen LogP contribution is 2.16. The Morgan fingerprint density at radius 1 is 1.25 bits per heavy atom. The number of carbonyl (C=O) groups excluding carboxylic acids is 1. The lowest BCUT2D eigenvalue weighted by Gasteiger charge is -2.18. The number of methoxy groups -OCH3 is 1. The number of aliphatic hydroxyl groups excluding tert-OH is 1. The van der Waals surface area contributed by atoms with E-state index in [-0.39, 0.29) is 18.0 Å². The van der Waals surface area contributed by atoms with Crippen LogP contribution in [0, 0.1) is 5.92 Å². The minimum absolute atomic E-state index is 0.262. The van der Waals surface area contributed by atoms with Crippen LogP contribution in [0.1, 0.15) is 31.7 Å². The van der Waals surface area contributed by atoms with E-state index in [1.807, 2.05) is 30.3 Å². The first-order valence-corrected chi connectivity index (χ1v) is 7.06. The highest BCUT2D eigenvalue weighted by Gasteiger charge is 2.21. The molecule has 0 saturated carbocycles. The van der Waals surface area contributed by atoms with Crippen LogP contribution in [0.2, 0.25) is 0 Å². The second-order valence-corrected chi connectivity index (χ2v) is 5.43. The van der Waals surface area contributed by atoms with Crippen LogP contribution in [0.5, 0.6) is 0 Å². The molecule has 1 aromatic rings. The summed E-state index contributed by atoms with van der Waals surface area (Å²) in [6, 6.07) is 9.54. The Labute approximate surface area is 121 Å². The summed E-state index contributed by atoms with van der Waals surface area (Å²) in [5.41, 5.74) is 0.921. The molecule has 0 heterocycles. The predicted octanol–water partition coefficient (Wildman–Crippen LogP) is 1.94. The van der Waals surface area contributed by atoms with E-state index in [1.165, 1.54) is 7.11 Å². The fourth-order valence-electron chi connectivity index (χ4n) is 2.19. The molecule has 4 heteroatoms. The van der Waals surface area contributed by atoms with Crippen molar-refractivity contribution in [1.82, 2.24) is 5.32 Å². The number of ether oxygens (including phenoxy) is 1. The van der Waals surface area contributed by atoms with Crippen LogP contribution in [-0.2, 0) is 9.53 Å². The molecular formula is C16H25NO3. The highest BCUT2D eigenvalue weighted by atomic mass is 16.5. The molecule has 0 radical (unpaired) electrons. The van der Waals surface area contributed by atoms with E-state index in [1.54, 1.807) is 0 Å². The Morgan fingerprint density at radius 2 is 1.90 bits per heavy atom. The molecule has 2 N–H and O–H groups in total. The van der Waals surface area contributed by atoms with Gasteiger partial charge in [0.25, 0.3) is 0 Å². The second kappa shape index (κ2) is 8.72. The monoisotopic (exact) mass is 279 g/mol. The fourth-order valence-corrected chi connectivity index (χ4v) is 2.19. The molecule has 0 aliphatic heterocycles. The quantitative estimate of drug-likeness (QED) is 0.714. The van der Waals surface area contributed by atoms with Crippen molar-refractivity contribution >= 4 is 5.97 Å². The molecule has 2 unspecified atom stereocenters. The van der Waals surface area contributed by atoms with E-state index in [0.29, 0.717) is 19.0 Å². The average Bonchev–Trinajstić information content (AvgIpc) is 2.43. The molecular weight excluding hydrogens is 254 g/mol. The van der Waals surface area contributed by atoms with Crippen LogP contribution in [0.4, 0.5) is 0 Å². The Kier molecular flexibility index (Phi) is 7.26. The van der Waals surface area contributed by atoms with Gasteiger partial charge in [0.1, 0.15) is 0 Å². The van der Waals surface area contributed by atoms with Gasteiger partial charge in [0.05, 0.1) is 19.1 Å². The summed E-state index contributed by atoms with van der Waals surface area (Å²) in [5.74, 6) is -0.146. The van der Waals surface area contributed by atoms with Gasteiger partial charge in [-0.05, 0) is 17.9 Å². The maximum absolute atomic E-state index is 11.8. The van der Waals surface area contributed by atoms with Gasteiger partial charge in [0.15, 0.2) is 0 Å². The maximum atomic E-state index is 11.8. The largest absolute Gasteiger partial charge is 0.469 e. The van der Waals surface area contributed by atoms with Gasteiger partial charge in [-0.15, -0.1) is 0 Å². The highest BCUT2D eigenvalue weighted by molar-refractivity contribution is 5.78. The molecule has 4 nitrogen and oxygen atoms in total. The molecule has 0 amide bonds. The van der Waals surface area contributed by atoms with E-state index in [4.69, 9.17) is 4.74 Å². The Hall–Kier alpha value is -1.39. The Bertz CT molecular complexity index is 392. The second-order valence-electron chi connectivity index (χ2n) is 5.43. The van der Waals surface area contributed by atoms with Gasteiger partial charge in [-0.2, -0.15) is 0 Å². The first kappa shape index (κ1) is 16.7. The zero-order valence-corrected chi connectivity index (χ0v) is 12.5. The molecule has 2 atom stereocenters. The number of esters is 1. The van der Waals surface area contributed by atoms with Crippen molar-refractivity contribution in [2.45, 2.75) is 32.3 Å². The summed E-state index contributed by atoms with van der Waals surface area (Å²) in [7, 11) is 1.39.